The van der Waals surface area contributed by atoms with Crippen LogP contribution in [0.3, 0.4) is 0 Å². The number of piperidine rings is 1. The molecule has 2 heterocycles. The third kappa shape index (κ3) is 6.04. The van der Waals surface area contributed by atoms with Crippen molar-refractivity contribution in [1.82, 2.24) is 9.62 Å². The van der Waals surface area contributed by atoms with E-state index in [1.807, 2.05) is 25.2 Å². The third-order valence-corrected chi connectivity index (χ3v) is 8.52. The van der Waals surface area contributed by atoms with Gasteiger partial charge in [0.15, 0.2) is 0 Å². The van der Waals surface area contributed by atoms with E-state index >= 15 is 0 Å². The molecule has 0 aliphatic carbocycles. The summed E-state index contributed by atoms with van der Waals surface area (Å²) in [5.74, 6) is -0.0730. The Bertz CT molecular complexity index is 891. The van der Waals surface area contributed by atoms with Gasteiger partial charge in [0.05, 0.1) is 6.42 Å². The summed E-state index contributed by atoms with van der Waals surface area (Å²) in [7, 11) is -1.38. The molecule has 0 bridgehead atoms. The average Bonchev–Trinajstić information content (AvgIpc) is 3.21. The van der Waals surface area contributed by atoms with Gasteiger partial charge in [-0.2, -0.15) is 4.31 Å². The minimum Gasteiger partial charge on any atom is -0.375 e. The van der Waals surface area contributed by atoms with Crippen LogP contribution in [-0.4, -0.2) is 51.9 Å². The fraction of sp³-hybridized carbons (Fsp3) is 0.476. The number of nitrogens with zero attached hydrogens (tertiary/aromatic N) is 2. The maximum atomic E-state index is 12.7. The number of amides is 1. The van der Waals surface area contributed by atoms with Gasteiger partial charge >= 0.3 is 0 Å². The Kier molecular flexibility index (Phi) is 7.69. The van der Waals surface area contributed by atoms with Gasteiger partial charge in [0.25, 0.3) is 10.0 Å². The summed E-state index contributed by atoms with van der Waals surface area (Å²) in [5, 5.41) is 2.93. The fourth-order valence-corrected chi connectivity index (χ4v) is 6.43. The Morgan fingerprint density at radius 3 is 2.55 bits per heavy atom. The van der Waals surface area contributed by atoms with Crippen LogP contribution in [0.2, 0.25) is 0 Å². The number of benzene rings is 1. The van der Waals surface area contributed by atoms with Crippen molar-refractivity contribution in [1.29, 1.82) is 0 Å². The van der Waals surface area contributed by atoms with Crippen LogP contribution in [-0.2, 0) is 21.2 Å². The highest BCUT2D eigenvalue weighted by Crippen LogP contribution is 2.27. The molecule has 0 unspecified atom stereocenters. The van der Waals surface area contributed by atoms with Crippen molar-refractivity contribution in [2.45, 2.75) is 36.3 Å². The number of sulfonamides is 1. The molecular weight excluding hydrogens is 406 g/mol. The van der Waals surface area contributed by atoms with Crippen molar-refractivity contribution in [3.05, 3.63) is 47.3 Å². The van der Waals surface area contributed by atoms with Gasteiger partial charge in [-0.1, -0.05) is 24.6 Å². The third-order valence-electron chi connectivity index (χ3n) is 5.07. The Labute approximate surface area is 177 Å². The van der Waals surface area contributed by atoms with Gasteiger partial charge in [-0.15, -0.1) is 11.3 Å². The van der Waals surface area contributed by atoms with Gasteiger partial charge in [0.2, 0.25) is 5.91 Å². The number of anilines is 1. The minimum atomic E-state index is -3.42. The first kappa shape index (κ1) is 21.8. The first-order valence-corrected chi connectivity index (χ1v) is 12.3. The molecule has 2 aromatic rings. The molecule has 6 nitrogen and oxygen atoms in total. The summed E-state index contributed by atoms with van der Waals surface area (Å²) in [6.07, 6.45) is 3.98. The van der Waals surface area contributed by atoms with Gasteiger partial charge < -0.3 is 10.2 Å². The summed E-state index contributed by atoms with van der Waals surface area (Å²) >= 11 is 1.20. The molecule has 0 saturated carbocycles. The number of para-hydroxylation sites is 1. The molecule has 8 heteroatoms. The van der Waals surface area contributed by atoms with Crippen LogP contribution in [0.1, 0.15) is 30.6 Å². The van der Waals surface area contributed by atoms with Crippen LogP contribution < -0.4 is 10.2 Å². The standard InChI is InChI=1S/C21H29N3O3S2/c1-23(18-9-4-2-5-10-18)14-8-13-22-20(25)17-19-11-12-21(28-19)29(26,27)24-15-6-3-7-16-24/h2,4-5,9-12H,3,6-8,13-17H2,1H3,(H,22,25). The summed E-state index contributed by atoms with van der Waals surface area (Å²) in [6.45, 7) is 2.63. The van der Waals surface area contributed by atoms with Crippen molar-refractivity contribution in [3.8, 4) is 0 Å². The zero-order valence-electron chi connectivity index (χ0n) is 16.8. The zero-order chi connectivity index (χ0) is 20.7. The minimum absolute atomic E-state index is 0.0730. The Hall–Kier alpha value is -1.90. The lowest BCUT2D eigenvalue weighted by molar-refractivity contribution is -0.120. The molecule has 1 aromatic heterocycles. The highest BCUT2D eigenvalue weighted by atomic mass is 32.2. The summed E-state index contributed by atoms with van der Waals surface area (Å²) in [4.78, 5) is 15.1. The van der Waals surface area contributed by atoms with E-state index in [9.17, 15) is 13.2 Å². The van der Waals surface area contributed by atoms with E-state index in [1.54, 1.807) is 16.4 Å². The zero-order valence-corrected chi connectivity index (χ0v) is 18.5. The number of carbonyl (C=O) groups is 1. The van der Waals surface area contributed by atoms with E-state index in [-0.39, 0.29) is 12.3 Å². The lowest BCUT2D eigenvalue weighted by atomic mass is 10.2. The molecule has 1 saturated heterocycles. The molecule has 1 N–H and O–H groups in total. The largest absolute Gasteiger partial charge is 0.375 e. The van der Waals surface area contributed by atoms with E-state index in [0.717, 1.165) is 42.8 Å². The van der Waals surface area contributed by atoms with Gasteiger partial charge in [0.1, 0.15) is 4.21 Å². The molecule has 0 atom stereocenters. The van der Waals surface area contributed by atoms with Gasteiger partial charge in [0, 0.05) is 43.8 Å². The predicted octanol–water partition coefficient (Wildman–Crippen LogP) is 3.11. The Morgan fingerprint density at radius 1 is 1.10 bits per heavy atom. The Morgan fingerprint density at radius 2 is 1.83 bits per heavy atom. The molecule has 1 aliphatic rings. The number of hydrogen-bond acceptors (Lipinski definition) is 5. The van der Waals surface area contributed by atoms with Crippen molar-refractivity contribution in [2.75, 3.05) is 38.1 Å². The molecular formula is C21H29N3O3S2. The molecule has 0 radical (unpaired) electrons. The smallest absolute Gasteiger partial charge is 0.252 e. The van der Waals surface area contributed by atoms with Crippen molar-refractivity contribution in [3.63, 3.8) is 0 Å². The molecule has 1 aromatic carbocycles. The number of carbonyl (C=O) groups excluding carboxylic acids is 1. The number of nitrogens with one attached hydrogen (secondary N) is 1. The topological polar surface area (TPSA) is 69.7 Å². The molecule has 29 heavy (non-hydrogen) atoms. The lowest BCUT2D eigenvalue weighted by Gasteiger charge is -2.25. The van der Waals surface area contributed by atoms with Gasteiger partial charge in [-0.3, -0.25) is 4.79 Å². The molecule has 158 valence electrons. The monoisotopic (exact) mass is 435 g/mol. The summed E-state index contributed by atoms with van der Waals surface area (Å²) in [6, 6.07) is 13.5. The molecule has 3 rings (SSSR count). The maximum absolute atomic E-state index is 12.7. The van der Waals surface area contributed by atoms with E-state index in [4.69, 9.17) is 0 Å². The Balaban J connectivity index is 1.43. The first-order valence-electron chi connectivity index (χ1n) is 10.1. The molecule has 1 fully saturated rings. The molecule has 0 spiro atoms. The van der Waals surface area contributed by atoms with Crippen molar-refractivity contribution < 1.29 is 13.2 Å². The van der Waals surface area contributed by atoms with Crippen LogP contribution >= 0.6 is 11.3 Å². The quantitative estimate of drug-likeness (QED) is 0.615. The highest BCUT2D eigenvalue weighted by Gasteiger charge is 2.27. The second kappa shape index (κ2) is 10.2. The summed E-state index contributed by atoms with van der Waals surface area (Å²) in [5.41, 5.74) is 1.15. The van der Waals surface area contributed by atoms with E-state index in [2.05, 4.69) is 22.3 Å². The predicted molar refractivity (Wildman–Crippen MR) is 118 cm³/mol. The second-order valence-corrected chi connectivity index (χ2v) is 10.7. The lowest BCUT2D eigenvalue weighted by Crippen LogP contribution is -2.35. The number of rotatable bonds is 9. The van der Waals surface area contributed by atoms with Gasteiger partial charge in [-0.25, -0.2) is 8.42 Å². The van der Waals surface area contributed by atoms with E-state index in [1.165, 1.54) is 11.3 Å². The van der Waals surface area contributed by atoms with E-state index < -0.39 is 10.0 Å². The number of hydrogen-bond donors (Lipinski definition) is 1. The SMILES string of the molecule is CN(CCCNC(=O)Cc1ccc(S(=O)(=O)N2CCCCC2)s1)c1ccccc1. The molecule has 1 aliphatic heterocycles. The van der Waals surface area contributed by atoms with Gasteiger partial charge in [-0.05, 0) is 43.5 Å². The van der Waals surface area contributed by atoms with Crippen LogP contribution in [0.4, 0.5) is 5.69 Å². The maximum Gasteiger partial charge on any atom is 0.252 e. The first-order chi connectivity index (χ1) is 14.0. The summed E-state index contributed by atoms with van der Waals surface area (Å²) < 4.78 is 27.3. The van der Waals surface area contributed by atoms with Crippen molar-refractivity contribution >= 4 is 33.0 Å². The normalized spacial score (nSPS) is 15.2. The van der Waals surface area contributed by atoms with Crippen molar-refractivity contribution in [2.24, 2.45) is 0 Å². The van der Waals surface area contributed by atoms with Crippen LogP contribution in [0.15, 0.2) is 46.7 Å². The van der Waals surface area contributed by atoms with E-state index in [0.29, 0.717) is 23.8 Å². The van der Waals surface area contributed by atoms with Crippen LogP contribution in [0, 0.1) is 0 Å². The van der Waals surface area contributed by atoms with Crippen LogP contribution in [0.5, 0.6) is 0 Å². The molecule has 1 amide bonds. The number of thiophene rings is 1. The average molecular weight is 436 g/mol. The highest BCUT2D eigenvalue weighted by molar-refractivity contribution is 7.91. The van der Waals surface area contributed by atoms with Crippen LogP contribution in [0.25, 0.3) is 0 Å². The second-order valence-electron chi connectivity index (χ2n) is 7.32. The fourth-order valence-electron chi connectivity index (χ4n) is 3.40.